The van der Waals surface area contributed by atoms with Gasteiger partial charge >= 0.3 is 6.03 Å². The Morgan fingerprint density at radius 2 is 2.12 bits per heavy atom. The molecule has 2 atom stereocenters. The minimum Gasteiger partial charge on any atom is -0.497 e. The average molecular weight is 329 g/mol. The summed E-state index contributed by atoms with van der Waals surface area (Å²) in [5.41, 5.74) is 0.746. The second kappa shape index (κ2) is 7.71. The largest absolute Gasteiger partial charge is 0.497 e. The highest BCUT2D eigenvalue weighted by molar-refractivity contribution is 5.89. The first-order chi connectivity index (χ1) is 11.7. The number of urea groups is 1. The van der Waals surface area contributed by atoms with Gasteiger partial charge in [0.15, 0.2) is 0 Å². The Kier molecular flexibility index (Phi) is 5.41. The minimum atomic E-state index is -0.136. The number of nitrogens with one attached hydrogen (secondary N) is 2. The van der Waals surface area contributed by atoms with Gasteiger partial charge in [-0.05, 0) is 37.8 Å². The van der Waals surface area contributed by atoms with Crippen LogP contribution in [0.4, 0.5) is 10.5 Å². The van der Waals surface area contributed by atoms with E-state index >= 15 is 0 Å². The molecule has 0 saturated carbocycles. The molecule has 0 aromatic heterocycles. The van der Waals surface area contributed by atoms with Gasteiger partial charge in [0.05, 0.1) is 7.11 Å². The molecule has 3 rings (SSSR count). The summed E-state index contributed by atoms with van der Waals surface area (Å²) in [6.07, 6.45) is 7.78. The highest BCUT2D eigenvalue weighted by atomic mass is 16.5. The number of nitrogens with zero attached hydrogens (tertiary/aromatic N) is 1. The van der Waals surface area contributed by atoms with Crippen LogP contribution in [0.15, 0.2) is 36.9 Å². The summed E-state index contributed by atoms with van der Waals surface area (Å²) < 4.78 is 5.19. The van der Waals surface area contributed by atoms with Crippen molar-refractivity contribution in [3.63, 3.8) is 0 Å². The number of amides is 2. The van der Waals surface area contributed by atoms with Gasteiger partial charge in [0.25, 0.3) is 0 Å². The number of hydrogen-bond donors (Lipinski definition) is 2. The van der Waals surface area contributed by atoms with Crippen molar-refractivity contribution in [2.75, 3.05) is 19.0 Å². The SMILES string of the molecule is C=CCN1[C@@H]2CCC[C@@H]1CC(NC(=O)Nc1cccc(OC)c1)C2. The van der Waals surface area contributed by atoms with Gasteiger partial charge < -0.3 is 15.4 Å². The third-order valence-electron chi connectivity index (χ3n) is 5.13. The van der Waals surface area contributed by atoms with E-state index in [-0.39, 0.29) is 12.1 Å². The number of hydrogen-bond acceptors (Lipinski definition) is 3. The minimum absolute atomic E-state index is 0.136. The molecule has 24 heavy (non-hydrogen) atoms. The maximum atomic E-state index is 12.3. The second-order valence-electron chi connectivity index (χ2n) is 6.72. The van der Waals surface area contributed by atoms with Gasteiger partial charge in [0, 0.05) is 36.4 Å². The average Bonchev–Trinajstić information content (AvgIpc) is 2.56. The Hall–Kier alpha value is -2.01. The summed E-state index contributed by atoms with van der Waals surface area (Å²) in [5, 5.41) is 6.06. The van der Waals surface area contributed by atoms with Crippen LogP contribution < -0.4 is 15.4 Å². The molecule has 2 heterocycles. The number of ether oxygens (including phenoxy) is 1. The number of benzene rings is 1. The van der Waals surface area contributed by atoms with Crippen molar-refractivity contribution >= 4 is 11.7 Å². The highest BCUT2D eigenvalue weighted by Gasteiger charge is 2.37. The number of methoxy groups -OCH3 is 1. The zero-order valence-electron chi connectivity index (χ0n) is 14.3. The molecule has 2 aliphatic rings. The number of piperidine rings is 2. The first-order valence-corrected chi connectivity index (χ1v) is 8.78. The van der Waals surface area contributed by atoms with Crippen LogP contribution >= 0.6 is 0 Å². The lowest BCUT2D eigenvalue weighted by Crippen LogP contribution is -2.57. The van der Waals surface area contributed by atoms with E-state index < -0.39 is 0 Å². The van der Waals surface area contributed by atoms with Gasteiger partial charge in [-0.25, -0.2) is 4.79 Å². The third kappa shape index (κ3) is 3.90. The number of carbonyl (C=O) groups excluding carboxylic acids is 1. The van der Waals surface area contributed by atoms with Gasteiger partial charge in [0.2, 0.25) is 0 Å². The number of rotatable bonds is 5. The fourth-order valence-corrected chi connectivity index (χ4v) is 4.10. The Morgan fingerprint density at radius 3 is 2.79 bits per heavy atom. The lowest BCUT2D eigenvalue weighted by molar-refractivity contribution is 0.0375. The summed E-state index contributed by atoms with van der Waals surface area (Å²) in [7, 11) is 1.62. The van der Waals surface area contributed by atoms with Crippen LogP contribution in [0.2, 0.25) is 0 Å². The molecule has 0 aliphatic carbocycles. The van der Waals surface area contributed by atoms with E-state index in [2.05, 4.69) is 22.1 Å². The molecule has 0 spiro atoms. The lowest BCUT2D eigenvalue weighted by atomic mass is 9.82. The molecule has 5 nitrogen and oxygen atoms in total. The van der Waals surface area contributed by atoms with E-state index in [1.54, 1.807) is 7.11 Å². The maximum Gasteiger partial charge on any atom is 0.319 e. The Labute approximate surface area is 144 Å². The second-order valence-corrected chi connectivity index (χ2v) is 6.72. The van der Waals surface area contributed by atoms with Crippen molar-refractivity contribution in [1.29, 1.82) is 0 Å². The Bertz CT molecular complexity index is 576. The number of fused-ring (bicyclic) bond motifs is 2. The molecule has 2 N–H and O–H groups in total. The van der Waals surface area contributed by atoms with E-state index in [4.69, 9.17) is 4.74 Å². The summed E-state index contributed by atoms with van der Waals surface area (Å²) in [4.78, 5) is 14.9. The molecule has 1 aromatic carbocycles. The zero-order chi connectivity index (χ0) is 16.9. The summed E-state index contributed by atoms with van der Waals surface area (Å²) in [5.74, 6) is 0.736. The molecular weight excluding hydrogens is 302 g/mol. The van der Waals surface area contributed by atoms with E-state index in [9.17, 15) is 4.79 Å². The van der Waals surface area contributed by atoms with E-state index in [0.29, 0.717) is 12.1 Å². The van der Waals surface area contributed by atoms with Crippen molar-refractivity contribution in [1.82, 2.24) is 10.2 Å². The van der Waals surface area contributed by atoms with Crippen LogP contribution in [0.25, 0.3) is 0 Å². The van der Waals surface area contributed by atoms with Crippen molar-refractivity contribution in [2.45, 2.75) is 50.2 Å². The fraction of sp³-hybridized carbons (Fsp3) is 0.526. The monoisotopic (exact) mass is 329 g/mol. The van der Waals surface area contributed by atoms with Crippen LogP contribution in [0.5, 0.6) is 5.75 Å². The first-order valence-electron chi connectivity index (χ1n) is 8.78. The highest BCUT2D eigenvalue weighted by Crippen LogP contribution is 2.33. The molecule has 5 heteroatoms. The lowest BCUT2D eigenvalue weighted by Gasteiger charge is -2.48. The molecular formula is C19H27N3O2. The number of carbonyl (C=O) groups is 1. The van der Waals surface area contributed by atoms with Gasteiger partial charge in [-0.3, -0.25) is 4.90 Å². The smallest absolute Gasteiger partial charge is 0.319 e. The molecule has 0 radical (unpaired) electrons. The fourth-order valence-electron chi connectivity index (χ4n) is 4.10. The zero-order valence-corrected chi connectivity index (χ0v) is 14.3. The van der Waals surface area contributed by atoms with Crippen LogP contribution in [-0.4, -0.2) is 42.7 Å². The molecule has 0 unspecified atom stereocenters. The molecule has 2 fully saturated rings. The van der Waals surface area contributed by atoms with Crippen LogP contribution in [0.3, 0.4) is 0 Å². The topological polar surface area (TPSA) is 53.6 Å². The van der Waals surface area contributed by atoms with Gasteiger partial charge in [-0.1, -0.05) is 18.6 Å². The Morgan fingerprint density at radius 1 is 1.38 bits per heavy atom. The van der Waals surface area contributed by atoms with Crippen LogP contribution in [-0.2, 0) is 0 Å². The van der Waals surface area contributed by atoms with Crippen molar-refractivity contribution in [2.24, 2.45) is 0 Å². The van der Waals surface area contributed by atoms with Crippen LogP contribution in [0.1, 0.15) is 32.1 Å². The predicted molar refractivity (Wildman–Crippen MR) is 96.5 cm³/mol. The molecule has 1 aromatic rings. The van der Waals surface area contributed by atoms with Crippen LogP contribution in [0, 0.1) is 0 Å². The summed E-state index contributed by atoms with van der Waals surface area (Å²) in [6, 6.07) is 8.65. The molecule has 2 amide bonds. The van der Waals surface area contributed by atoms with E-state index in [1.165, 1.54) is 19.3 Å². The van der Waals surface area contributed by atoms with Gasteiger partial charge in [0.1, 0.15) is 5.75 Å². The Balaban J connectivity index is 1.56. The van der Waals surface area contributed by atoms with E-state index in [1.807, 2.05) is 30.3 Å². The quantitative estimate of drug-likeness (QED) is 0.814. The molecule has 2 aliphatic heterocycles. The van der Waals surface area contributed by atoms with Gasteiger partial charge in [-0.15, -0.1) is 6.58 Å². The summed E-state index contributed by atoms with van der Waals surface area (Å²) >= 11 is 0. The maximum absolute atomic E-state index is 12.3. The van der Waals surface area contributed by atoms with Crippen molar-refractivity contribution in [3.8, 4) is 5.75 Å². The van der Waals surface area contributed by atoms with Crippen molar-refractivity contribution in [3.05, 3.63) is 36.9 Å². The van der Waals surface area contributed by atoms with E-state index in [0.717, 1.165) is 30.8 Å². The molecule has 130 valence electrons. The normalized spacial score (nSPS) is 26.5. The van der Waals surface area contributed by atoms with Crippen molar-refractivity contribution < 1.29 is 9.53 Å². The number of anilines is 1. The molecule has 2 bridgehead atoms. The van der Waals surface area contributed by atoms with Gasteiger partial charge in [-0.2, -0.15) is 0 Å². The predicted octanol–water partition coefficient (Wildman–Crippen LogP) is 3.39. The third-order valence-corrected chi connectivity index (χ3v) is 5.13. The standard InChI is InChI=1S/C19H27N3O2/c1-3-10-22-16-7-5-8-17(22)12-15(11-16)21-19(23)20-14-6-4-9-18(13-14)24-2/h3-4,6,9,13,15-17H,1,5,7-8,10-12H2,2H3,(H2,20,21,23)/t16-,17-/m1/s1. The molecule has 2 saturated heterocycles. The first kappa shape index (κ1) is 16.8. The summed E-state index contributed by atoms with van der Waals surface area (Å²) in [6.45, 7) is 4.84.